The lowest BCUT2D eigenvalue weighted by atomic mass is 9.46. The number of unbranched alkanes of at least 4 members (excludes halogenated alkanes) is 4. The van der Waals surface area contributed by atoms with Gasteiger partial charge < -0.3 is 35.1 Å². The zero-order valence-electron chi connectivity index (χ0n) is 46.2. The van der Waals surface area contributed by atoms with E-state index in [9.17, 15) is 19.8 Å². The SMILES string of the molecule is C[C@H](NC(=O)OCC(Cl)(Cl)Cl)[C@H]1CCC2C3CC=C4C[C@@H](C(CCCCCO)OC(CCCCCO)[C@H]5CC[C@@]6(C)C(=CCC7C6CC[C@@]6(C)C7CC[C@@H]6[C@H](C)NC(=O)OCC(Cl)(Cl)Cl)C5)CC[C@]4(C)C3CC[C@@]21C. The molecule has 2 amide bonds. The number of carbonyl (C=O) groups excluding carboxylic acids is 2. The first-order valence-electron chi connectivity index (χ1n) is 29.7. The standard InChI is InChI=1S/C60H94Cl6N2O7/c1-37(67-53(71)73-35-59(61,62)63)45-19-21-47-43-17-15-41-33-39(23-27-55(41,3)49(43)25-29-57(45,47)5)51(13-9-7-11-31-69)75-52(14-10-8-12-32-70)40-24-28-56(4)42(34-40)16-18-44-48-22-20-46(58(48,6)30-26-50(44)56)38(2)68-54(72)74-36-60(64,65)66/h15-16,37-40,43-52,69-70H,7-14,17-36H2,1-6H3,(H,67,71)(H,68,72)/t37-,38-,39-,40-,43?,44?,45+,46+,47?,48?,49?,50?,51?,52?,55-,56-,57+,58+/m0/s1. The highest BCUT2D eigenvalue weighted by molar-refractivity contribution is 6.68. The Hall–Kier alpha value is -0.360. The number of carbonyl (C=O) groups is 2. The van der Waals surface area contributed by atoms with Crippen molar-refractivity contribution in [1.82, 2.24) is 10.6 Å². The van der Waals surface area contributed by atoms with E-state index < -0.39 is 19.8 Å². The lowest BCUT2D eigenvalue weighted by Crippen LogP contribution is -2.53. The van der Waals surface area contributed by atoms with Crippen LogP contribution in [0.4, 0.5) is 9.59 Å². The van der Waals surface area contributed by atoms with Crippen molar-refractivity contribution in [3.05, 3.63) is 23.3 Å². The molecule has 0 saturated heterocycles. The number of hydrogen-bond donors (Lipinski definition) is 4. The van der Waals surface area contributed by atoms with Crippen molar-refractivity contribution in [2.45, 2.75) is 228 Å². The molecule has 0 bridgehead atoms. The quantitative estimate of drug-likeness (QED) is 0.0543. The lowest BCUT2D eigenvalue weighted by Gasteiger charge is -2.59. The van der Waals surface area contributed by atoms with E-state index in [1.807, 2.05) is 0 Å². The van der Waals surface area contributed by atoms with Gasteiger partial charge in [0.2, 0.25) is 7.59 Å². The average Bonchev–Trinajstić information content (AvgIpc) is 3.92. The molecule has 0 heterocycles. The van der Waals surface area contributed by atoms with Gasteiger partial charge in [-0.25, -0.2) is 9.59 Å². The van der Waals surface area contributed by atoms with Gasteiger partial charge in [-0.3, -0.25) is 0 Å². The molecule has 0 radical (unpaired) electrons. The summed E-state index contributed by atoms with van der Waals surface area (Å²) >= 11 is 35.2. The van der Waals surface area contributed by atoms with Gasteiger partial charge in [0, 0.05) is 25.3 Å². The number of allylic oxidation sites excluding steroid dienone is 4. The molecule has 8 unspecified atom stereocenters. The number of ether oxygens (including phenoxy) is 3. The van der Waals surface area contributed by atoms with E-state index in [0.717, 1.165) is 89.9 Å². The minimum absolute atomic E-state index is 0.0313. The predicted octanol–water partition coefficient (Wildman–Crippen LogP) is 16.2. The van der Waals surface area contributed by atoms with Crippen molar-refractivity contribution in [2.75, 3.05) is 26.4 Å². The fraction of sp³-hybridized carbons (Fsp3) is 0.900. The first kappa shape index (κ1) is 60.7. The van der Waals surface area contributed by atoms with Crippen LogP contribution in [-0.2, 0) is 14.2 Å². The van der Waals surface area contributed by atoms with Crippen LogP contribution in [0.15, 0.2) is 23.3 Å². The maximum absolute atomic E-state index is 12.8. The Kier molecular flexibility index (Phi) is 20.3. The zero-order valence-corrected chi connectivity index (χ0v) is 50.8. The minimum atomic E-state index is -1.64. The van der Waals surface area contributed by atoms with Crippen LogP contribution in [0.1, 0.15) is 196 Å². The van der Waals surface area contributed by atoms with Crippen LogP contribution >= 0.6 is 69.6 Å². The van der Waals surface area contributed by atoms with Crippen molar-refractivity contribution < 1.29 is 34.0 Å². The van der Waals surface area contributed by atoms with Crippen LogP contribution in [-0.4, -0.2) is 80.7 Å². The molecule has 6 saturated carbocycles. The number of alkyl carbamates (subject to hydrolysis) is 2. The van der Waals surface area contributed by atoms with Crippen molar-refractivity contribution in [3.63, 3.8) is 0 Å². The largest absolute Gasteiger partial charge is 0.445 e. The highest BCUT2D eigenvalue weighted by atomic mass is 35.6. The summed E-state index contributed by atoms with van der Waals surface area (Å²) in [6, 6.07) is -0.0627. The molecule has 8 aliphatic carbocycles. The summed E-state index contributed by atoms with van der Waals surface area (Å²) in [5.74, 6) is 5.58. The summed E-state index contributed by atoms with van der Waals surface area (Å²) < 4.78 is 15.0. The van der Waals surface area contributed by atoms with Gasteiger partial charge in [0.05, 0.1) is 12.2 Å². The number of rotatable bonds is 20. The van der Waals surface area contributed by atoms with E-state index in [4.69, 9.17) is 83.8 Å². The molecule has 428 valence electrons. The molecule has 8 aliphatic rings. The third-order valence-corrected chi connectivity index (χ3v) is 23.4. The maximum atomic E-state index is 12.8. The number of fused-ring (bicyclic) bond motifs is 10. The molecule has 9 nitrogen and oxygen atoms in total. The molecule has 75 heavy (non-hydrogen) atoms. The molecule has 0 aromatic rings. The van der Waals surface area contributed by atoms with Gasteiger partial charge in [-0.2, -0.15) is 0 Å². The van der Waals surface area contributed by atoms with E-state index in [2.05, 4.69) is 64.3 Å². The Labute approximate surface area is 481 Å². The van der Waals surface area contributed by atoms with E-state index >= 15 is 0 Å². The number of aliphatic hydroxyl groups is 2. The fourth-order valence-electron chi connectivity index (χ4n) is 19.0. The molecule has 18 atom stereocenters. The third-order valence-electron chi connectivity index (χ3n) is 22.8. The highest BCUT2D eigenvalue weighted by Gasteiger charge is 2.62. The molecular weight excluding hydrogens is 1070 g/mol. The molecule has 0 aromatic carbocycles. The first-order chi connectivity index (χ1) is 35.4. The van der Waals surface area contributed by atoms with Gasteiger partial charge in [0.15, 0.2) is 0 Å². The van der Waals surface area contributed by atoms with E-state index in [1.165, 1.54) is 64.2 Å². The van der Waals surface area contributed by atoms with Gasteiger partial charge >= 0.3 is 12.2 Å². The highest BCUT2D eigenvalue weighted by Crippen LogP contribution is 2.69. The van der Waals surface area contributed by atoms with Crippen LogP contribution in [0.2, 0.25) is 0 Å². The second-order valence-electron chi connectivity index (χ2n) is 26.6. The summed E-state index contributed by atoms with van der Waals surface area (Å²) in [5, 5.41) is 25.8. The van der Waals surface area contributed by atoms with Crippen molar-refractivity contribution >= 4 is 81.8 Å². The van der Waals surface area contributed by atoms with Crippen LogP contribution in [0, 0.1) is 80.8 Å². The number of alkyl halides is 6. The van der Waals surface area contributed by atoms with Crippen LogP contribution in [0.25, 0.3) is 0 Å². The molecule has 6 fully saturated rings. The van der Waals surface area contributed by atoms with Crippen molar-refractivity contribution in [2.24, 2.45) is 80.8 Å². The summed E-state index contributed by atoms with van der Waals surface area (Å²) in [6.07, 6.45) is 31.4. The summed E-state index contributed by atoms with van der Waals surface area (Å²) in [7, 11) is 0. The predicted molar refractivity (Wildman–Crippen MR) is 306 cm³/mol. The fourth-order valence-corrected chi connectivity index (χ4v) is 19.3. The number of nitrogens with one attached hydrogen (secondary N) is 2. The summed E-state index contributed by atoms with van der Waals surface area (Å²) in [6.45, 7) is 14.4. The molecule has 0 spiro atoms. The van der Waals surface area contributed by atoms with E-state index in [1.54, 1.807) is 11.1 Å². The van der Waals surface area contributed by atoms with E-state index in [-0.39, 0.29) is 72.4 Å². The number of halogens is 6. The molecule has 0 aliphatic heterocycles. The van der Waals surface area contributed by atoms with Crippen LogP contribution in [0.3, 0.4) is 0 Å². The molecule has 0 aromatic heterocycles. The maximum Gasteiger partial charge on any atom is 0.407 e. The van der Waals surface area contributed by atoms with Crippen molar-refractivity contribution in [3.8, 4) is 0 Å². The van der Waals surface area contributed by atoms with E-state index in [0.29, 0.717) is 59.2 Å². The van der Waals surface area contributed by atoms with Gasteiger partial charge in [0.25, 0.3) is 0 Å². The van der Waals surface area contributed by atoms with Gasteiger partial charge in [-0.05, 0) is 223 Å². The summed E-state index contributed by atoms with van der Waals surface area (Å²) in [4.78, 5) is 25.5. The monoisotopic (exact) mass is 1160 g/mol. The second-order valence-corrected chi connectivity index (χ2v) is 31.6. The Morgan fingerprint density at radius 3 is 1.35 bits per heavy atom. The summed E-state index contributed by atoms with van der Waals surface area (Å²) in [5.41, 5.74) is 4.07. The smallest absolute Gasteiger partial charge is 0.407 e. The van der Waals surface area contributed by atoms with Crippen LogP contribution in [0.5, 0.6) is 0 Å². The molecule has 15 heteroatoms. The zero-order chi connectivity index (χ0) is 54.1. The average molecular weight is 1170 g/mol. The Bertz CT molecular complexity index is 1880. The first-order valence-corrected chi connectivity index (χ1v) is 32.0. The van der Waals surface area contributed by atoms with Gasteiger partial charge in [-0.15, -0.1) is 0 Å². The second kappa shape index (κ2) is 25.0. The molecular formula is C60H94Cl6N2O7. The van der Waals surface area contributed by atoms with Crippen molar-refractivity contribution in [1.29, 1.82) is 0 Å². The van der Waals surface area contributed by atoms with Gasteiger partial charge in [0.1, 0.15) is 13.2 Å². The normalized spacial score (nSPS) is 38.9. The topological polar surface area (TPSA) is 126 Å². The molecule has 8 rings (SSSR count). The number of hydrogen-bond acceptors (Lipinski definition) is 7. The Balaban J connectivity index is 0.940. The Morgan fingerprint density at radius 1 is 0.573 bits per heavy atom. The molecule has 4 N–H and O–H groups in total. The lowest BCUT2D eigenvalue weighted by molar-refractivity contribution is -0.103. The number of amides is 2. The Morgan fingerprint density at radius 2 is 0.973 bits per heavy atom. The van der Waals surface area contributed by atoms with Gasteiger partial charge in [-0.1, -0.05) is 146 Å². The number of aliphatic hydroxyl groups excluding tert-OH is 2. The third kappa shape index (κ3) is 13.4. The van der Waals surface area contributed by atoms with Crippen LogP contribution < -0.4 is 10.6 Å². The minimum Gasteiger partial charge on any atom is -0.445 e.